The molecule has 0 aliphatic heterocycles. The number of hydrogen-bond acceptors (Lipinski definition) is 0. The van der Waals surface area contributed by atoms with Gasteiger partial charge in [-0.3, -0.25) is 0 Å². The van der Waals surface area contributed by atoms with Crippen LogP contribution in [0.5, 0.6) is 0 Å². The van der Waals surface area contributed by atoms with Crippen molar-refractivity contribution < 1.29 is 0 Å². The van der Waals surface area contributed by atoms with Crippen molar-refractivity contribution in [3.63, 3.8) is 0 Å². The summed E-state index contributed by atoms with van der Waals surface area (Å²) in [6, 6.07) is 121. The molecule has 0 atom stereocenters. The molecule has 17 aromatic carbocycles. The molecule has 716 valence electrons. The van der Waals surface area contributed by atoms with Crippen LogP contribution in [0, 0.1) is 111 Å². The minimum Gasteiger partial charge on any atom is -0.0654 e. The number of hydrogen-bond donors (Lipinski definition) is 0. The zero-order valence-corrected chi connectivity index (χ0v) is 89.4. The molecule has 0 unspecified atom stereocenters. The Morgan fingerprint density at radius 2 is 0.451 bits per heavy atom. The summed E-state index contributed by atoms with van der Waals surface area (Å²) in [5.74, 6) is 2.74. The maximum Gasteiger partial charge on any atom is 0.0352 e. The van der Waals surface area contributed by atoms with Crippen LogP contribution in [0.4, 0.5) is 0 Å². The highest BCUT2D eigenvalue weighted by molar-refractivity contribution is 5.88. The zero-order valence-electron chi connectivity index (χ0n) is 89.4. The van der Waals surface area contributed by atoms with Crippen molar-refractivity contribution in [3.8, 4) is 89.0 Å². The Balaban J connectivity index is 0.000000107. The van der Waals surface area contributed by atoms with Crippen LogP contribution in [0.2, 0.25) is 0 Å². The van der Waals surface area contributed by atoms with Crippen LogP contribution < -0.4 is 0 Å². The Morgan fingerprint density at radius 3 is 0.739 bits per heavy atom. The molecule has 0 fully saturated rings. The average Bonchev–Trinajstić information content (AvgIpc) is 1.56. The van der Waals surface area contributed by atoms with E-state index in [4.69, 9.17) is 0 Å². The second kappa shape index (κ2) is 41.4. The van der Waals surface area contributed by atoms with Gasteiger partial charge in [0.2, 0.25) is 0 Å². The predicted molar refractivity (Wildman–Crippen MR) is 612 cm³/mol. The highest BCUT2D eigenvalue weighted by Gasteiger charge is 2.42. The minimum absolute atomic E-state index is 0.142. The highest BCUT2D eigenvalue weighted by atomic mass is 14.4. The number of unbranched alkanes of at least 4 members (excludes halogenated alkanes) is 1. The Labute approximate surface area is 852 Å². The smallest absolute Gasteiger partial charge is 0.0352 e. The summed E-state index contributed by atoms with van der Waals surface area (Å²) in [6.45, 7) is 53.4. The molecular formula is C142H148. The largest absolute Gasteiger partial charge is 0.0654 e. The van der Waals surface area contributed by atoms with Gasteiger partial charge >= 0.3 is 0 Å². The molecule has 142 heavy (non-hydrogen) atoms. The zero-order chi connectivity index (χ0) is 100. The van der Waals surface area contributed by atoms with E-state index in [1.54, 1.807) is 11.1 Å². The van der Waals surface area contributed by atoms with E-state index < -0.39 is 0 Å². The van der Waals surface area contributed by atoms with Gasteiger partial charge in [-0.1, -0.05) is 485 Å². The van der Waals surface area contributed by atoms with Crippen molar-refractivity contribution in [2.45, 2.75) is 264 Å². The van der Waals surface area contributed by atoms with E-state index in [9.17, 15) is 0 Å². The van der Waals surface area contributed by atoms with Crippen molar-refractivity contribution in [1.29, 1.82) is 0 Å². The number of aryl methyl sites for hydroxylation is 16. The van der Waals surface area contributed by atoms with E-state index in [-0.39, 0.29) is 10.8 Å². The lowest BCUT2D eigenvalue weighted by atomic mass is 9.73. The summed E-state index contributed by atoms with van der Waals surface area (Å²) in [5, 5.41) is 0. The fraction of sp³-hybridized carbons (Fsp3) is 0.282. The Hall–Kier alpha value is -13.3. The van der Waals surface area contributed by atoms with Gasteiger partial charge in [0, 0.05) is 40.4 Å². The first-order valence-electron chi connectivity index (χ1n) is 53.1. The van der Waals surface area contributed by atoms with E-state index in [2.05, 4.69) is 488 Å². The summed E-state index contributed by atoms with van der Waals surface area (Å²) >= 11 is 0. The van der Waals surface area contributed by atoms with Crippen molar-refractivity contribution >= 4 is 0 Å². The highest BCUT2D eigenvalue weighted by Crippen LogP contribution is 2.57. The molecule has 0 saturated heterocycles. The van der Waals surface area contributed by atoms with Crippen LogP contribution >= 0.6 is 0 Å². The minimum atomic E-state index is 0.142. The second-order valence-corrected chi connectivity index (χ2v) is 43.6. The molecule has 0 amide bonds. The normalized spacial score (nSPS) is 13.8. The monoisotopic (exact) mass is 1850 g/mol. The topological polar surface area (TPSA) is 0 Å². The van der Waals surface area contributed by atoms with Crippen LogP contribution in [-0.2, 0) is 17.3 Å². The molecule has 8 aliphatic carbocycles. The molecule has 0 heterocycles. The van der Waals surface area contributed by atoms with Crippen molar-refractivity contribution in [1.82, 2.24) is 0 Å². The number of rotatable bonds is 9. The molecule has 0 bridgehead atoms. The van der Waals surface area contributed by atoms with Gasteiger partial charge in [-0.2, -0.15) is 0 Å². The van der Waals surface area contributed by atoms with Crippen LogP contribution in [-0.4, -0.2) is 0 Å². The van der Waals surface area contributed by atoms with Gasteiger partial charge in [-0.25, -0.2) is 0 Å². The van der Waals surface area contributed by atoms with Gasteiger partial charge in [-0.05, 0) is 333 Å². The molecular weight excluding hydrogens is 1710 g/mol. The molecule has 25 rings (SSSR count). The number of benzene rings is 17. The van der Waals surface area contributed by atoms with E-state index in [0.29, 0.717) is 29.6 Å². The number of fused-ring (bicyclic) bond motifs is 24. The Bertz CT molecular complexity index is 7210. The van der Waals surface area contributed by atoms with Gasteiger partial charge in [0.05, 0.1) is 0 Å². The Morgan fingerprint density at radius 1 is 0.218 bits per heavy atom. The summed E-state index contributed by atoms with van der Waals surface area (Å²) < 4.78 is 0. The third kappa shape index (κ3) is 19.4. The van der Waals surface area contributed by atoms with Gasteiger partial charge in [0.1, 0.15) is 0 Å². The first-order chi connectivity index (χ1) is 68.4. The average molecular weight is 1850 g/mol. The van der Waals surface area contributed by atoms with E-state index in [0.717, 1.165) is 6.42 Å². The molecule has 17 aromatic rings. The van der Waals surface area contributed by atoms with Crippen LogP contribution in [0.1, 0.15) is 320 Å². The molecule has 0 saturated carbocycles. The van der Waals surface area contributed by atoms with Gasteiger partial charge in [-0.15, -0.1) is 0 Å². The van der Waals surface area contributed by atoms with Crippen LogP contribution in [0.3, 0.4) is 0 Å². The lowest BCUT2D eigenvalue weighted by molar-refractivity contribution is 0.490. The van der Waals surface area contributed by atoms with Crippen molar-refractivity contribution in [3.05, 3.63) is 505 Å². The molecule has 8 aliphatic rings. The van der Waals surface area contributed by atoms with E-state index >= 15 is 0 Å². The molecule has 0 radical (unpaired) electrons. The summed E-state index contributed by atoms with van der Waals surface area (Å²) in [6.07, 6.45) is 11.0. The summed E-state index contributed by atoms with van der Waals surface area (Å²) in [5.41, 5.74) is 70.5. The summed E-state index contributed by atoms with van der Waals surface area (Å²) in [4.78, 5) is 0. The van der Waals surface area contributed by atoms with Gasteiger partial charge < -0.3 is 0 Å². The predicted octanol–water partition coefficient (Wildman–Crippen LogP) is 39.4. The maximum atomic E-state index is 2.40. The Kier molecular flexibility index (Phi) is 28.8. The van der Waals surface area contributed by atoms with Crippen molar-refractivity contribution in [2.24, 2.45) is 0 Å². The first kappa shape index (κ1) is 98.9. The summed E-state index contributed by atoms with van der Waals surface area (Å²) in [7, 11) is 0. The SMILES string of the molecule is CCC1(CC)c2cc(C)ccc2-c2ccc(C)cc21.CCC1c2cc(C)ccc2-c2ccc(C)cc21.CCCC1c2cc(C)ccc2-c2ccc(C)cc21.CCCCC1c2cc(C)ccc2-c2ccc(C)cc21.Cc1ccc2c(c1)C(C)(C)c1cc(C)ccc1-2.Cc1ccc2c(c1)C(C)c1cc(C)ccc1-2.Cc1ccc2c(c1)C(c1ccccc1)c1cc(C)ccc1-2.Cc1ccc2c(c1)Cc1cc(C)ccc1-2. The van der Waals surface area contributed by atoms with E-state index in [1.165, 1.54) is 313 Å². The fourth-order valence-electron chi connectivity index (χ4n) is 25.0. The van der Waals surface area contributed by atoms with Gasteiger partial charge in [0.15, 0.2) is 0 Å². The fourth-order valence-corrected chi connectivity index (χ4v) is 25.0. The van der Waals surface area contributed by atoms with Gasteiger partial charge in [0.25, 0.3) is 0 Å². The van der Waals surface area contributed by atoms with Crippen LogP contribution in [0.15, 0.2) is 322 Å². The second-order valence-electron chi connectivity index (χ2n) is 43.6. The lowest BCUT2D eigenvalue weighted by Crippen LogP contribution is -2.23. The van der Waals surface area contributed by atoms with E-state index in [1.807, 2.05) is 0 Å². The van der Waals surface area contributed by atoms with Crippen LogP contribution in [0.25, 0.3) is 89.0 Å². The third-order valence-electron chi connectivity index (χ3n) is 32.4. The molecule has 0 spiro atoms. The quantitative estimate of drug-likeness (QED) is 0.135. The first-order valence-corrected chi connectivity index (χ1v) is 53.1. The molecule has 0 aromatic heterocycles. The molecule has 0 nitrogen and oxygen atoms in total. The maximum absolute atomic E-state index is 2.40. The standard InChI is InChI=1S/C21H18.2C19H22.C18H20.2C17H18.C16H16.C15H14/c1-14-8-10-17-18-11-9-15(2)13-20(18)21(19(17)12-14)16-6-4-3-5-7-16;1-5-19(6-2)17-11-13(3)7-9-15(17)16-10-8-14(4)12-18(16)19;1-4-5-6-15-18-11-13(2)7-9-16(18)17-10-8-14(3)12-19(15)17;1-4-5-14-17-10-12(2)6-8-15(17)16-9-7-13(3)11-18(14)16;1-11-5-7-13-14-8-6-12(2)10-16(14)17(3,4)15(13)9-11;1-4-13-16-9-11(2)5-7-14(16)15-8-6-12(3)10-17(13)15;1-10-4-6-13-14-7-5-11(2)9-16(14)12(3)15(13)8-10;1-10-3-5-14-12(7-10)9-13-8-11(2)4-6-15(13)14/h3-13,21H,1-2H3;7-12H,5-6H2,1-4H3;7-12,15H,4-6H2,1-3H3;6-11,14H,4-5H2,1-3H3;5-10H,1-4H3;5-10,13H,4H2,1-3H3;4-9,12H,1-3H3;3-8H,9H2,1-2H3. The molecule has 0 heteroatoms. The molecule has 0 N–H and O–H groups in total. The lowest BCUT2D eigenvalue weighted by Gasteiger charge is -2.30. The van der Waals surface area contributed by atoms with Crippen molar-refractivity contribution in [2.75, 3.05) is 0 Å². The third-order valence-corrected chi connectivity index (χ3v) is 32.4.